The maximum atomic E-state index is 12.5. The third-order valence-electron chi connectivity index (χ3n) is 2.44. The Balaban J connectivity index is 3.20. The van der Waals surface area contributed by atoms with E-state index in [9.17, 15) is 18.0 Å². The molecule has 0 heterocycles. The van der Waals surface area contributed by atoms with Gasteiger partial charge in [0.2, 0.25) is 0 Å². The summed E-state index contributed by atoms with van der Waals surface area (Å²) >= 11 is 0. The lowest BCUT2D eigenvalue weighted by molar-refractivity contribution is -0.164. The summed E-state index contributed by atoms with van der Waals surface area (Å²) in [6, 6.07) is 7.85. The first-order valence-corrected chi connectivity index (χ1v) is 5.45. The summed E-state index contributed by atoms with van der Waals surface area (Å²) in [5.74, 6) is -1.82. The zero-order valence-corrected chi connectivity index (χ0v) is 10.2. The summed E-state index contributed by atoms with van der Waals surface area (Å²) in [4.78, 5) is 12.9. The third-order valence-corrected chi connectivity index (χ3v) is 2.44. The van der Waals surface area contributed by atoms with Crippen molar-refractivity contribution in [1.29, 1.82) is 0 Å². The predicted octanol–water partition coefficient (Wildman–Crippen LogP) is 3.11. The van der Waals surface area contributed by atoms with Gasteiger partial charge in [0.05, 0.1) is 5.57 Å². The van der Waals surface area contributed by atoms with Crippen LogP contribution in [0.1, 0.15) is 12.5 Å². The van der Waals surface area contributed by atoms with Crippen molar-refractivity contribution < 1.29 is 18.0 Å². The van der Waals surface area contributed by atoms with Gasteiger partial charge in [-0.25, -0.2) is 0 Å². The Bertz CT molecular complexity index is 437. The molecule has 0 bridgehead atoms. The standard InChI is InChI=1S/C13H14F3NO/c1-3-17(2)9-11(12(18)13(14,15)16)10-7-5-4-6-8-10/h4-9H,3H2,1-2H3/b11-9-. The van der Waals surface area contributed by atoms with E-state index in [1.807, 2.05) is 0 Å². The molecule has 98 valence electrons. The van der Waals surface area contributed by atoms with Gasteiger partial charge in [-0.1, -0.05) is 30.3 Å². The van der Waals surface area contributed by atoms with Crippen LogP contribution in [0.2, 0.25) is 0 Å². The first-order valence-electron chi connectivity index (χ1n) is 5.45. The van der Waals surface area contributed by atoms with Gasteiger partial charge in [-0.05, 0) is 12.5 Å². The van der Waals surface area contributed by atoms with Crippen molar-refractivity contribution >= 4 is 11.4 Å². The van der Waals surface area contributed by atoms with E-state index in [2.05, 4.69) is 0 Å². The molecule has 18 heavy (non-hydrogen) atoms. The van der Waals surface area contributed by atoms with Gasteiger partial charge in [0.15, 0.2) is 0 Å². The highest BCUT2D eigenvalue weighted by Crippen LogP contribution is 2.27. The van der Waals surface area contributed by atoms with Crippen LogP contribution in [0.5, 0.6) is 0 Å². The zero-order valence-electron chi connectivity index (χ0n) is 10.2. The van der Waals surface area contributed by atoms with Crippen LogP contribution in [0.4, 0.5) is 13.2 Å². The van der Waals surface area contributed by atoms with Crippen molar-refractivity contribution in [1.82, 2.24) is 4.90 Å². The van der Waals surface area contributed by atoms with Crippen LogP contribution in [-0.4, -0.2) is 30.5 Å². The maximum Gasteiger partial charge on any atom is 0.454 e. The normalized spacial score (nSPS) is 12.4. The molecular formula is C13H14F3NO. The predicted molar refractivity (Wildman–Crippen MR) is 63.8 cm³/mol. The van der Waals surface area contributed by atoms with Crippen LogP contribution in [0.25, 0.3) is 5.57 Å². The number of halogens is 3. The van der Waals surface area contributed by atoms with Gasteiger partial charge in [-0.2, -0.15) is 13.2 Å². The average molecular weight is 257 g/mol. The molecule has 0 aromatic heterocycles. The molecule has 0 radical (unpaired) electrons. The van der Waals surface area contributed by atoms with E-state index in [1.54, 1.807) is 32.2 Å². The number of alkyl halides is 3. The second-order valence-electron chi connectivity index (χ2n) is 3.81. The highest BCUT2D eigenvalue weighted by molar-refractivity contribution is 6.23. The minimum absolute atomic E-state index is 0.264. The topological polar surface area (TPSA) is 20.3 Å². The largest absolute Gasteiger partial charge is 0.454 e. The van der Waals surface area contributed by atoms with Crippen molar-refractivity contribution in [2.24, 2.45) is 0 Å². The third kappa shape index (κ3) is 3.61. The van der Waals surface area contributed by atoms with Gasteiger partial charge in [-0.15, -0.1) is 0 Å². The summed E-state index contributed by atoms with van der Waals surface area (Å²) in [7, 11) is 1.62. The average Bonchev–Trinajstić information content (AvgIpc) is 2.34. The molecule has 1 rings (SSSR count). The van der Waals surface area contributed by atoms with E-state index in [-0.39, 0.29) is 11.1 Å². The first kappa shape index (κ1) is 14.3. The maximum absolute atomic E-state index is 12.5. The zero-order chi connectivity index (χ0) is 13.8. The van der Waals surface area contributed by atoms with Gasteiger partial charge in [0, 0.05) is 19.8 Å². The lowest BCUT2D eigenvalue weighted by atomic mass is 10.0. The lowest BCUT2D eigenvalue weighted by Crippen LogP contribution is -2.25. The summed E-state index contributed by atoms with van der Waals surface area (Å²) in [6.45, 7) is 2.30. The Morgan fingerprint density at radius 1 is 1.28 bits per heavy atom. The minimum Gasteiger partial charge on any atom is -0.380 e. The van der Waals surface area contributed by atoms with Gasteiger partial charge >= 0.3 is 6.18 Å². The number of carbonyl (C=O) groups excluding carboxylic acids is 1. The number of rotatable bonds is 4. The summed E-state index contributed by atoms with van der Waals surface area (Å²) in [5, 5.41) is 0. The monoisotopic (exact) mass is 257 g/mol. The molecule has 0 aliphatic carbocycles. The first-order chi connectivity index (χ1) is 8.36. The number of ketones is 1. The summed E-state index contributed by atoms with van der Waals surface area (Å²) < 4.78 is 37.6. The molecular weight excluding hydrogens is 243 g/mol. The lowest BCUT2D eigenvalue weighted by Gasteiger charge is -2.15. The molecule has 0 fully saturated rings. The van der Waals surface area contributed by atoms with Crippen LogP contribution in [0.15, 0.2) is 36.5 Å². The fraction of sp³-hybridized carbons (Fsp3) is 0.308. The van der Waals surface area contributed by atoms with Gasteiger partial charge in [-0.3, -0.25) is 4.79 Å². The number of hydrogen-bond acceptors (Lipinski definition) is 2. The van der Waals surface area contributed by atoms with E-state index >= 15 is 0 Å². The molecule has 2 nitrogen and oxygen atoms in total. The molecule has 1 aromatic carbocycles. The minimum atomic E-state index is -4.86. The Labute approximate surface area is 104 Å². The molecule has 0 amide bonds. The van der Waals surface area contributed by atoms with Crippen molar-refractivity contribution in [3.63, 3.8) is 0 Å². The van der Waals surface area contributed by atoms with Crippen LogP contribution >= 0.6 is 0 Å². The second-order valence-corrected chi connectivity index (χ2v) is 3.81. The smallest absolute Gasteiger partial charge is 0.380 e. The summed E-state index contributed by atoms with van der Waals surface area (Å²) in [5.41, 5.74) is -0.0763. The Kier molecular flexibility index (Phi) is 4.53. The fourth-order valence-corrected chi connectivity index (χ4v) is 1.35. The Morgan fingerprint density at radius 2 is 1.83 bits per heavy atom. The quantitative estimate of drug-likeness (QED) is 0.772. The van der Waals surface area contributed by atoms with Crippen molar-refractivity contribution in [2.45, 2.75) is 13.1 Å². The molecule has 0 saturated heterocycles. The van der Waals surface area contributed by atoms with Crippen LogP contribution in [-0.2, 0) is 4.79 Å². The van der Waals surface area contributed by atoms with Crippen LogP contribution < -0.4 is 0 Å². The molecule has 0 atom stereocenters. The number of benzene rings is 1. The van der Waals surface area contributed by atoms with Gasteiger partial charge in [0.1, 0.15) is 0 Å². The van der Waals surface area contributed by atoms with Gasteiger partial charge in [0.25, 0.3) is 5.78 Å². The molecule has 0 aliphatic rings. The highest BCUT2D eigenvalue weighted by Gasteiger charge is 2.41. The van der Waals surface area contributed by atoms with E-state index in [4.69, 9.17) is 0 Å². The highest BCUT2D eigenvalue weighted by atomic mass is 19.4. The number of carbonyl (C=O) groups is 1. The molecule has 0 N–H and O–H groups in total. The van der Waals surface area contributed by atoms with Crippen LogP contribution in [0, 0.1) is 0 Å². The van der Waals surface area contributed by atoms with Crippen molar-refractivity contribution in [3.05, 3.63) is 42.1 Å². The van der Waals surface area contributed by atoms with Crippen LogP contribution in [0.3, 0.4) is 0 Å². The second kappa shape index (κ2) is 5.71. The van der Waals surface area contributed by atoms with Crippen molar-refractivity contribution in [3.8, 4) is 0 Å². The SMILES string of the molecule is CCN(C)/C=C(\C(=O)C(F)(F)F)c1ccccc1. The molecule has 0 saturated carbocycles. The summed E-state index contributed by atoms with van der Waals surface area (Å²) in [6.07, 6.45) is -3.64. The molecule has 0 aliphatic heterocycles. The number of nitrogens with zero attached hydrogens (tertiary/aromatic N) is 1. The van der Waals surface area contributed by atoms with E-state index in [0.717, 1.165) is 0 Å². The number of Topliss-reactive ketones (excluding diaryl/α,β-unsaturated/α-hetero) is 1. The van der Waals surface area contributed by atoms with Gasteiger partial charge < -0.3 is 4.90 Å². The molecule has 0 spiro atoms. The Hall–Kier alpha value is -1.78. The molecule has 5 heteroatoms. The number of hydrogen-bond donors (Lipinski definition) is 0. The van der Waals surface area contributed by atoms with E-state index in [1.165, 1.54) is 23.2 Å². The molecule has 0 unspecified atom stereocenters. The molecule has 1 aromatic rings. The van der Waals surface area contributed by atoms with Crippen molar-refractivity contribution in [2.75, 3.05) is 13.6 Å². The fourth-order valence-electron chi connectivity index (χ4n) is 1.35. The van der Waals surface area contributed by atoms with E-state index < -0.39 is 12.0 Å². The van der Waals surface area contributed by atoms with E-state index in [0.29, 0.717) is 6.54 Å². The Morgan fingerprint density at radius 3 is 2.28 bits per heavy atom. The number of allylic oxidation sites excluding steroid dienone is 1.